The average Bonchev–Trinajstić information content (AvgIpc) is 2.80. The predicted molar refractivity (Wildman–Crippen MR) is 65.0 cm³/mol. The summed E-state index contributed by atoms with van der Waals surface area (Å²) in [4.78, 5) is 0. The normalized spacial score (nSPS) is 12.7. The standard InChI is InChI=1S/C13H14F3N3/c1-3-17-13(10-6-7-18-19(10)2)8-4-5-9(14)12(16)11(8)15/h4-7,13,17H,3H2,1-2H3. The van der Waals surface area contributed by atoms with Crippen LogP contribution in [0.5, 0.6) is 0 Å². The molecule has 1 atom stereocenters. The molecule has 1 aromatic carbocycles. The molecule has 1 heterocycles. The van der Waals surface area contributed by atoms with Crippen molar-refractivity contribution >= 4 is 0 Å². The molecule has 6 heteroatoms. The second kappa shape index (κ2) is 5.44. The van der Waals surface area contributed by atoms with Crippen molar-refractivity contribution in [3.05, 3.63) is 53.1 Å². The number of halogens is 3. The lowest BCUT2D eigenvalue weighted by molar-refractivity contribution is 0.430. The van der Waals surface area contributed by atoms with Crippen molar-refractivity contribution < 1.29 is 13.2 Å². The number of benzene rings is 1. The topological polar surface area (TPSA) is 29.9 Å². The molecular weight excluding hydrogens is 255 g/mol. The first-order valence-corrected chi connectivity index (χ1v) is 5.91. The van der Waals surface area contributed by atoms with Gasteiger partial charge in [-0.25, -0.2) is 13.2 Å². The average molecular weight is 269 g/mol. The first-order chi connectivity index (χ1) is 9.06. The first kappa shape index (κ1) is 13.6. The van der Waals surface area contributed by atoms with Crippen LogP contribution in [-0.2, 0) is 7.05 Å². The van der Waals surface area contributed by atoms with E-state index in [1.54, 1.807) is 24.0 Å². The Morgan fingerprint density at radius 1 is 1.21 bits per heavy atom. The van der Waals surface area contributed by atoms with Crippen LogP contribution >= 0.6 is 0 Å². The minimum absolute atomic E-state index is 0.0596. The van der Waals surface area contributed by atoms with Crippen LogP contribution in [0.3, 0.4) is 0 Å². The molecule has 3 nitrogen and oxygen atoms in total. The molecule has 1 aromatic heterocycles. The summed E-state index contributed by atoms with van der Waals surface area (Å²) in [5, 5.41) is 7.04. The third kappa shape index (κ3) is 2.49. The third-order valence-corrected chi connectivity index (χ3v) is 2.94. The van der Waals surface area contributed by atoms with E-state index in [2.05, 4.69) is 10.4 Å². The van der Waals surface area contributed by atoms with Gasteiger partial charge >= 0.3 is 0 Å². The van der Waals surface area contributed by atoms with E-state index in [9.17, 15) is 13.2 Å². The minimum Gasteiger partial charge on any atom is -0.305 e. The monoisotopic (exact) mass is 269 g/mol. The van der Waals surface area contributed by atoms with Crippen molar-refractivity contribution in [3.63, 3.8) is 0 Å². The molecule has 1 unspecified atom stereocenters. The van der Waals surface area contributed by atoms with Crippen LogP contribution in [0.25, 0.3) is 0 Å². The summed E-state index contributed by atoms with van der Waals surface area (Å²) in [7, 11) is 1.71. The molecule has 0 spiro atoms. The van der Waals surface area contributed by atoms with Crippen LogP contribution in [0, 0.1) is 17.5 Å². The van der Waals surface area contributed by atoms with Gasteiger partial charge in [0.15, 0.2) is 17.5 Å². The highest BCUT2D eigenvalue weighted by atomic mass is 19.2. The van der Waals surface area contributed by atoms with Crippen molar-refractivity contribution in [2.45, 2.75) is 13.0 Å². The summed E-state index contributed by atoms with van der Waals surface area (Å²) in [6.45, 7) is 2.40. The van der Waals surface area contributed by atoms with E-state index in [0.29, 0.717) is 12.2 Å². The second-order valence-electron chi connectivity index (χ2n) is 4.13. The Balaban J connectivity index is 2.52. The van der Waals surface area contributed by atoms with Gasteiger partial charge in [-0.3, -0.25) is 4.68 Å². The molecule has 1 N–H and O–H groups in total. The molecule has 2 aromatic rings. The molecule has 0 amide bonds. The predicted octanol–water partition coefficient (Wildman–Crippen LogP) is 2.54. The van der Waals surface area contributed by atoms with Crippen molar-refractivity contribution in [1.82, 2.24) is 15.1 Å². The number of nitrogens with one attached hydrogen (secondary N) is 1. The Morgan fingerprint density at radius 2 is 1.95 bits per heavy atom. The fraction of sp³-hybridized carbons (Fsp3) is 0.308. The smallest absolute Gasteiger partial charge is 0.194 e. The van der Waals surface area contributed by atoms with Crippen LogP contribution in [-0.4, -0.2) is 16.3 Å². The summed E-state index contributed by atoms with van der Waals surface area (Å²) in [5.41, 5.74) is 0.733. The number of hydrogen-bond donors (Lipinski definition) is 1. The van der Waals surface area contributed by atoms with E-state index in [1.807, 2.05) is 6.92 Å². The SMILES string of the molecule is CCNC(c1ccc(F)c(F)c1F)c1ccnn1C. The molecule has 0 aliphatic rings. The Bertz CT molecular complexity index is 581. The van der Waals surface area contributed by atoms with Gasteiger partial charge in [0.25, 0.3) is 0 Å². The first-order valence-electron chi connectivity index (χ1n) is 5.91. The van der Waals surface area contributed by atoms with Gasteiger partial charge in [-0.2, -0.15) is 5.10 Å². The molecule has 102 valence electrons. The van der Waals surface area contributed by atoms with Gasteiger partial charge in [0, 0.05) is 18.8 Å². The fourth-order valence-corrected chi connectivity index (χ4v) is 2.01. The maximum atomic E-state index is 13.9. The lowest BCUT2D eigenvalue weighted by Crippen LogP contribution is -2.25. The van der Waals surface area contributed by atoms with Gasteiger partial charge < -0.3 is 5.32 Å². The maximum Gasteiger partial charge on any atom is 0.194 e. The van der Waals surface area contributed by atoms with Crippen LogP contribution in [0.2, 0.25) is 0 Å². The van der Waals surface area contributed by atoms with Crippen LogP contribution in [0.15, 0.2) is 24.4 Å². The molecule has 0 radical (unpaired) electrons. The molecule has 0 fully saturated rings. The zero-order valence-corrected chi connectivity index (χ0v) is 10.6. The number of hydrogen-bond acceptors (Lipinski definition) is 2. The number of aromatic nitrogens is 2. The highest BCUT2D eigenvalue weighted by molar-refractivity contribution is 5.30. The van der Waals surface area contributed by atoms with E-state index in [4.69, 9.17) is 0 Å². The summed E-state index contributed by atoms with van der Waals surface area (Å²) in [5.74, 6) is -3.82. The number of rotatable bonds is 4. The van der Waals surface area contributed by atoms with Gasteiger partial charge in [-0.1, -0.05) is 13.0 Å². The Morgan fingerprint density at radius 3 is 2.53 bits per heavy atom. The summed E-state index contributed by atoms with van der Waals surface area (Å²) in [6, 6.07) is 3.30. The van der Waals surface area contributed by atoms with E-state index in [-0.39, 0.29) is 5.56 Å². The quantitative estimate of drug-likeness (QED) is 0.864. The molecule has 0 bridgehead atoms. The van der Waals surface area contributed by atoms with E-state index in [0.717, 1.165) is 6.07 Å². The third-order valence-electron chi connectivity index (χ3n) is 2.94. The lowest BCUT2D eigenvalue weighted by atomic mass is 10.0. The van der Waals surface area contributed by atoms with Crippen molar-refractivity contribution in [2.75, 3.05) is 6.54 Å². The maximum absolute atomic E-state index is 13.9. The molecule has 19 heavy (non-hydrogen) atoms. The molecule has 0 saturated heterocycles. The van der Waals surface area contributed by atoms with E-state index >= 15 is 0 Å². The van der Waals surface area contributed by atoms with Crippen LogP contribution in [0.4, 0.5) is 13.2 Å². The number of nitrogens with zero attached hydrogens (tertiary/aromatic N) is 2. The Hall–Kier alpha value is -1.82. The highest BCUT2D eigenvalue weighted by Gasteiger charge is 2.23. The molecular formula is C13H14F3N3. The van der Waals surface area contributed by atoms with Gasteiger partial charge in [0.2, 0.25) is 0 Å². The van der Waals surface area contributed by atoms with E-state index in [1.165, 1.54) is 6.07 Å². The van der Waals surface area contributed by atoms with Gasteiger partial charge in [-0.05, 0) is 18.7 Å². The molecule has 0 aliphatic carbocycles. The summed E-state index contributed by atoms with van der Waals surface area (Å²) < 4.78 is 41.7. The lowest BCUT2D eigenvalue weighted by Gasteiger charge is -2.19. The van der Waals surface area contributed by atoms with Crippen LogP contribution < -0.4 is 5.32 Å². The summed E-state index contributed by atoms with van der Waals surface area (Å²) >= 11 is 0. The Kier molecular flexibility index (Phi) is 3.90. The minimum atomic E-state index is -1.46. The zero-order chi connectivity index (χ0) is 14.0. The van der Waals surface area contributed by atoms with Crippen LogP contribution in [0.1, 0.15) is 24.2 Å². The summed E-state index contributed by atoms with van der Waals surface area (Å²) in [6.07, 6.45) is 1.57. The fourth-order valence-electron chi connectivity index (χ4n) is 2.01. The van der Waals surface area contributed by atoms with Gasteiger partial charge in [0.1, 0.15) is 0 Å². The highest BCUT2D eigenvalue weighted by Crippen LogP contribution is 2.26. The van der Waals surface area contributed by atoms with Crippen molar-refractivity contribution in [3.8, 4) is 0 Å². The second-order valence-corrected chi connectivity index (χ2v) is 4.13. The van der Waals surface area contributed by atoms with E-state index < -0.39 is 23.5 Å². The van der Waals surface area contributed by atoms with Crippen molar-refractivity contribution in [1.29, 1.82) is 0 Å². The Labute approximate surface area is 109 Å². The van der Waals surface area contributed by atoms with Gasteiger partial charge in [0.05, 0.1) is 11.7 Å². The zero-order valence-electron chi connectivity index (χ0n) is 10.6. The largest absolute Gasteiger partial charge is 0.305 e. The molecule has 0 aliphatic heterocycles. The van der Waals surface area contributed by atoms with Crippen molar-refractivity contribution in [2.24, 2.45) is 7.05 Å². The van der Waals surface area contributed by atoms with Gasteiger partial charge in [-0.15, -0.1) is 0 Å². The molecule has 2 rings (SSSR count). The molecule has 0 saturated carbocycles. The number of aryl methyl sites for hydroxylation is 1.